The Labute approximate surface area is 151 Å². The van der Waals surface area contributed by atoms with Gasteiger partial charge in [-0.3, -0.25) is 19.7 Å². The lowest BCUT2D eigenvalue weighted by Gasteiger charge is -2.32. The van der Waals surface area contributed by atoms with E-state index in [1.54, 1.807) is 0 Å². The molecule has 5 atom stereocenters. The van der Waals surface area contributed by atoms with Gasteiger partial charge in [-0.1, -0.05) is 0 Å². The number of carbonyl (C=O) groups excluding carboxylic acids is 3. The Morgan fingerprint density at radius 2 is 2.00 bits per heavy atom. The van der Waals surface area contributed by atoms with E-state index in [1.165, 1.54) is 19.1 Å². The molecule has 3 aliphatic rings. The summed E-state index contributed by atoms with van der Waals surface area (Å²) < 4.78 is 10.3. The van der Waals surface area contributed by atoms with E-state index in [0.29, 0.717) is 0 Å². The van der Waals surface area contributed by atoms with Crippen LogP contribution in [0.2, 0.25) is 0 Å². The molecular formula is C17H14N2O8. The Morgan fingerprint density at radius 1 is 1.33 bits per heavy atom. The van der Waals surface area contributed by atoms with Crippen LogP contribution in [0, 0.1) is 22.0 Å². The fourth-order valence-electron chi connectivity index (χ4n) is 4.03. The normalized spacial score (nSPS) is 33.6. The zero-order valence-electron chi connectivity index (χ0n) is 13.9. The lowest BCUT2D eigenvalue weighted by atomic mass is 9.82. The van der Waals surface area contributed by atoms with Crippen LogP contribution in [0.15, 0.2) is 36.1 Å². The van der Waals surface area contributed by atoms with Crippen LogP contribution in [0.3, 0.4) is 0 Å². The number of nitrogens with zero attached hydrogens (tertiary/aromatic N) is 1. The van der Waals surface area contributed by atoms with Crippen LogP contribution in [0.4, 0.5) is 5.69 Å². The molecule has 0 spiro atoms. The number of nitro groups is 1. The first-order valence-corrected chi connectivity index (χ1v) is 8.11. The first-order valence-electron chi connectivity index (χ1n) is 8.11. The van der Waals surface area contributed by atoms with Crippen LogP contribution in [-0.2, 0) is 19.1 Å². The van der Waals surface area contributed by atoms with Crippen molar-refractivity contribution in [2.45, 2.75) is 24.7 Å². The molecule has 27 heavy (non-hydrogen) atoms. The molecule has 0 aromatic heterocycles. The fourth-order valence-corrected chi connectivity index (χ4v) is 4.03. The molecule has 0 bridgehead atoms. The predicted molar refractivity (Wildman–Crippen MR) is 86.0 cm³/mol. The van der Waals surface area contributed by atoms with Crippen molar-refractivity contribution in [3.63, 3.8) is 0 Å². The van der Waals surface area contributed by atoms with Gasteiger partial charge >= 0.3 is 11.9 Å². The first kappa shape index (κ1) is 17.2. The molecule has 1 saturated heterocycles. The Kier molecular flexibility index (Phi) is 3.57. The van der Waals surface area contributed by atoms with E-state index in [1.807, 2.05) is 0 Å². The summed E-state index contributed by atoms with van der Waals surface area (Å²) in [6.07, 6.45) is -0.134. The Morgan fingerprint density at radius 3 is 2.63 bits per heavy atom. The van der Waals surface area contributed by atoms with E-state index < -0.39 is 52.4 Å². The molecule has 10 nitrogen and oxygen atoms in total. The van der Waals surface area contributed by atoms with Gasteiger partial charge in [0.1, 0.15) is 11.9 Å². The van der Waals surface area contributed by atoms with Gasteiger partial charge in [0.05, 0.1) is 28.0 Å². The average Bonchev–Trinajstić information content (AvgIpc) is 3.05. The van der Waals surface area contributed by atoms with E-state index in [4.69, 9.17) is 9.47 Å². The summed E-state index contributed by atoms with van der Waals surface area (Å²) >= 11 is 0. The largest absolute Gasteiger partial charge is 0.453 e. The van der Waals surface area contributed by atoms with Crippen molar-refractivity contribution in [3.05, 3.63) is 51.8 Å². The van der Waals surface area contributed by atoms with Crippen molar-refractivity contribution in [1.29, 1.82) is 0 Å². The minimum atomic E-state index is -1.77. The molecule has 0 radical (unpaired) electrons. The van der Waals surface area contributed by atoms with Crippen molar-refractivity contribution in [1.82, 2.24) is 5.32 Å². The van der Waals surface area contributed by atoms with Crippen LogP contribution in [0.5, 0.6) is 0 Å². The van der Waals surface area contributed by atoms with Crippen LogP contribution < -0.4 is 5.32 Å². The molecule has 4 rings (SSSR count). The Balaban J connectivity index is 1.63. The number of ether oxygens (including phenoxy) is 2. The molecule has 0 unspecified atom stereocenters. The maximum absolute atomic E-state index is 12.5. The first-order chi connectivity index (χ1) is 12.7. The maximum Gasteiger partial charge on any atom is 0.338 e. The van der Waals surface area contributed by atoms with Crippen molar-refractivity contribution in [2.24, 2.45) is 11.8 Å². The number of non-ortho nitro benzene ring substituents is 1. The van der Waals surface area contributed by atoms with Crippen LogP contribution in [0.25, 0.3) is 0 Å². The summed E-state index contributed by atoms with van der Waals surface area (Å²) in [7, 11) is 0. The number of hydrogen-bond acceptors (Lipinski definition) is 8. The Hall–Kier alpha value is -3.27. The van der Waals surface area contributed by atoms with Gasteiger partial charge in [-0.2, -0.15) is 0 Å². The highest BCUT2D eigenvalue weighted by molar-refractivity contribution is 6.00. The summed E-state index contributed by atoms with van der Waals surface area (Å²) in [5, 5.41) is 24.2. The third kappa shape index (κ3) is 2.40. The zero-order chi connectivity index (χ0) is 19.5. The second-order valence-electron chi connectivity index (χ2n) is 6.87. The van der Waals surface area contributed by atoms with Crippen LogP contribution in [-0.4, -0.2) is 45.6 Å². The molecule has 1 aromatic carbocycles. The molecule has 1 amide bonds. The van der Waals surface area contributed by atoms with Gasteiger partial charge in [0, 0.05) is 18.1 Å². The highest BCUT2D eigenvalue weighted by atomic mass is 16.6. The van der Waals surface area contributed by atoms with Gasteiger partial charge in [0.25, 0.3) is 11.6 Å². The zero-order valence-corrected chi connectivity index (χ0v) is 13.9. The highest BCUT2D eigenvalue weighted by Gasteiger charge is 2.68. The quantitative estimate of drug-likeness (QED) is 0.429. The van der Waals surface area contributed by atoms with E-state index in [9.17, 15) is 29.6 Å². The molecular weight excluding hydrogens is 360 g/mol. The standard InChI is InChI=1S/C17H14N2O8/c1-17(23)11-10-9(6-26-16(11)22)14(20)18-12(10)13(17)27-15(21)7-2-4-8(5-3-7)19(24)25/h2-6,10-13,23H,1H3,(H,18,20)/t10-,11-,12+,13+,17-/m1/s1. The van der Waals surface area contributed by atoms with E-state index in [2.05, 4.69) is 5.32 Å². The van der Waals surface area contributed by atoms with Gasteiger partial charge in [-0.25, -0.2) is 4.79 Å². The number of nitrogens with one attached hydrogen (secondary N) is 1. The third-order valence-electron chi connectivity index (χ3n) is 5.30. The van der Waals surface area contributed by atoms with Gasteiger partial charge in [0.15, 0.2) is 6.10 Å². The van der Waals surface area contributed by atoms with Crippen LogP contribution in [0.1, 0.15) is 17.3 Å². The number of esters is 2. The number of hydrogen-bond donors (Lipinski definition) is 2. The molecule has 140 valence electrons. The van der Waals surface area contributed by atoms with Gasteiger partial charge in [0.2, 0.25) is 0 Å². The minimum absolute atomic E-state index is 0.0361. The third-order valence-corrected chi connectivity index (χ3v) is 5.30. The fraction of sp³-hybridized carbons (Fsp3) is 0.353. The number of rotatable bonds is 3. The number of nitro benzene ring substituents is 1. The smallest absolute Gasteiger partial charge is 0.338 e. The molecule has 1 aliphatic carbocycles. The molecule has 2 aliphatic heterocycles. The summed E-state index contributed by atoms with van der Waals surface area (Å²) in [4.78, 5) is 46.8. The predicted octanol–water partition coefficient (Wildman–Crippen LogP) is 0.0563. The topological polar surface area (TPSA) is 145 Å². The van der Waals surface area contributed by atoms with E-state index >= 15 is 0 Å². The number of amides is 1. The van der Waals surface area contributed by atoms with Gasteiger partial charge in [-0.15, -0.1) is 0 Å². The molecule has 1 aromatic rings. The minimum Gasteiger partial charge on any atom is -0.453 e. The van der Waals surface area contributed by atoms with Crippen molar-refractivity contribution in [2.75, 3.05) is 0 Å². The summed E-state index contributed by atoms with van der Waals surface area (Å²) in [5.41, 5.74) is -1.70. The summed E-state index contributed by atoms with van der Waals surface area (Å²) in [5.74, 6) is -3.72. The van der Waals surface area contributed by atoms with E-state index in [0.717, 1.165) is 18.4 Å². The number of benzene rings is 1. The molecule has 2 N–H and O–H groups in total. The van der Waals surface area contributed by atoms with Gasteiger partial charge < -0.3 is 19.9 Å². The second-order valence-corrected chi connectivity index (χ2v) is 6.87. The SMILES string of the molecule is C[C@]1(O)[C@@H](OC(=O)c2ccc([N+](=O)[O-])cc2)[C@H]2NC(=O)C3=COC(=O)[C@H]1[C@@H]32. The molecule has 10 heteroatoms. The number of cyclic esters (lactones) is 1. The second kappa shape index (κ2) is 5.61. The maximum atomic E-state index is 12.5. The molecule has 1 saturated carbocycles. The molecule has 2 fully saturated rings. The number of carbonyl (C=O) groups is 3. The van der Waals surface area contributed by atoms with Crippen molar-refractivity contribution < 1.29 is 33.9 Å². The van der Waals surface area contributed by atoms with Gasteiger partial charge in [-0.05, 0) is 19.1 Å². The monoisotopic (exact) mass is 374 g/mol. The average molecular weight is 374 g/mol. The van der Waals surface area contributed by atoms with Crippen molar-refractivity contribution in [3.8, 4) is 0 Å². The lowest BCUT2D eigenvalue weighted by molar-refractivity contribution is -0.384. The Bertz CT molecular complexity index is 904. The highest BCUT2D eigenvalue weighted by Crippen LogP contribution is 2.50. The summed E-state index contributed by atoms with van der Waals surface area (Å²) in [6, 6.07) is 3.98. The van der Waals surface area contributed by atoms with E-state index in [-0.39, 0.29) is 16.8 Å². The van der Waals surface area contributed by atoms with Crippen molar-refractivity contribution >= 4 is 23.5 Å². The van der Waals surface area contributed by atoms with Crippen LogP contribution >= 0.6 is 0 Å². The lowest BCUT2D eigenvalue weighted by Crippen LogP contribution is -2.51. The summed E-state index contributed by atoms with van der Waals surface area (Å²) in [6.45, 7) is 1.35. The number of aliphatic hydroxyl groups is 1. The molecule has 2 heterocycles.